The average Bonchev–Trinajstić information content (AvgIpc) is 2.64. The van der Waals surface area contributed by atoms with Crippen LogP contribution in [0.25, 0.3) is 0 Å². The molecule has 0 radical (unpaired) electrons. The Labute approximate surface area is 175 Å². The van der Waals surface area contributed by atoms with E-state index in [0.717, 1.165) is 0 Å². The Bertz CT molecular complexity index is 862. The topological polar surface area (TPSA) is 117 Å². The molecule has 0 aliphatic carbocycles. The fraction of sp³-hybridized carbons (Fsp3) is 0.125. The Morgan fingerprint density at radius 3 is 1.70 bits per heavy atom. The van der Waals surface area contributed by atoms with Gasteiger partial charge in [0.2, 0.25) is 0 Å². The summed E-state index contributed by atoms with van der Waals surface area (Å²) >= 11 is 23.0. The summed E-state index contributed by atoms with van der Waals surface area (Å²) in [6.07, 6.45) is 0. The number of anilines is 2. The summed E-state index contributed by atoms with van der Waals surface area (Å²) in [7, 11) is 2.53. The number of hydrazine groups is 1. The molecule has 0 unspecified atom stereocenters. The number of esters is 2. The second-order valence-electron chi connectivity index (χ2n) is 4.79. The summed E-state index contributed by atoms with van der Waals surface area (Å²) in [5.74, 6) is 4.11. The highest BCUT2D eigenvalue weighted by atomic mass is 35.5. The van der Waals surface area contributed by atoms with E-state index in [1.54, 1.807) is 0 Å². The van der Waals surface area contributed by atoms with Crippen molar-refractivity contribution in [2.24, 2.45) is 5.84 Å². The van der Waals surface area contributed by atoms with E-state index in [0.29, 0.717) is 21.4 Å². The van der Waals surface area contributed by atoms with Crippen LogP contribution in [0.15, 0.2) is 24.3 Å². The molecule has 0 heterocycles. The number of halogens is 4. The van der Waals surface area contributed by atoms with Crippen molar-refractivity contribution >= 4 is 69.7 Å². The van der Waals surface area contributed by atoms with E-state index in [4.69, 9.17) is 58.0 Å². The number of carbonyl (C=O) groups is 2. The SMILES string of the molecule is COC(=O)c1cc(N)c(Cl)cc1Cl.COC(=O)c1cc(NN)c(Cl)cc1Cl. The zero-order valence-corrected chi connectivity index (χ0v) is 17.1. The maximum absolute atomic E-state index is 11.2. The van der Waals surface area contributed by atoms with Crippen LogP contribution in [0.3, 0.4) is 0 Å². The van der Waals surface area contributed by atoms with Crippen LogP contribution in [0.2, 0.25) is 20.1 Å². The van der Waals surface area contributed by atoms with Crippen molar-refractivity contribution in [1.82, 2.24) is 0 Å². The molecule has 0 amide bonds. The lowest BCUT2D eigenvalue weighted by molar-refractivity contribution is 0.0592. The monoisotopic (exact) mass is 453 g/mol. The number of rotatable bonds is 3. The van der Waals surface area contributed by atoms with Crippen LogP contribution in [0.4, 0.5) is 11.4 Å². The molecule has 0 spiro atoms. The molecule has 2 aromatic carbocycles. The highest BCUT2D eigenvalue weighted by Gasteiger charge is 2.14. The van der Waals surface area contributed by atoms with Crippen LogP contribution in [0, 0.1) is 0 Å². The molecule has 0 atom stereocenters. The molecule has 7 nitrogen and oxygen atoms in total. The van der Waals surface area contributed by atoms with E-state index in [9.17, 15) is 9.59 Å². The van der Waals surface area contributed by atoms with Crippen LogP contribution in [0.5, 0.6) is 0 Å². The number of methoxy groups -OCH3 is 2. The molecule has 0 bridgehead atoms. The Kier molecular flexibility index (Phi) is 8.95. The summed E-state index contributed by atoms with van der Waals surface area (Å²) in [6, 6.07) is 5.64. The Balaban J connectivity index is 0.000000271. The fourth-order valence-corrected chi connectivity index (χ4v) is 2.73. The number of ether oxygens (including phenoxy) is 2. The Morgan fingerprint density at radius 2 is 1.26 bits per heavy atom. The average molecular weight is 455 g/mol. The van der Waals surface area contributed by atoms with Crippen LogP contribution in [-0.4, -0.2) is 26.2 Å². The molecule has 0 fully saturated rings. The van der Waals surface area contributed by atoms with Gasteiger partial charge in [0.05, 0.1) is 56.8 Å². The number of nitrogens with two attached hydrogens (primary N) is 2. The van der Waals surface area contributed by atoms with Crippen molar-refractivity contribution in [3.8, 4) is 0 Å². The van der Waals surface area contributed by atoms with Crippen LogP contribution in [-0.2, 0) is 9.47 Å². The molecule has 0 aromatic heterocycles. The lowest BCUT2D eigenvalue weighted by Gasteiger charge is -2.07. The predicted octanol–water partition coefficient (Wildman–Crippen LogP) is 4.43. The van der Waals surface area contributed by atoms with Crippen molar-refractivity contribution in [2.75, 3.05) is 25.4 Å². The van der Waals surface area contributed by atoms with E-state index in [1.165, 1.54) is 38.5 Å². The number of hydrogen-bond donors (Lipinski definition) is 3. The molecule has 11 heteroatoms. The highest BCUT2D eigenvalue weighted by Crippen LogP contribution is 2.29. The van der Waals surface area contributed by atoms with Gasteiger partial charge < -0.3 is 20.6 Å². The fourth-order valence-electron chi connectivity index (χ4n) is 1.76. The second kappa shape index (κ2) is 10.4. The Hall–Kier alpha value is -1.90. The minimum Gasteiger partial charge on any atom is -0.465 e. The van der Waals surface area contributed by atoms with E-state index >= 15 is 0 Å². The number of hydrogen-bond acceptors (Lipinski definition) is 7. The molecule has 27 heavy (non-hydrogen) atoms. The molecular formula is C16H15Cl4N3O4. The van der Waals surface area contributed by atoms with Gasteiger partial charge in [0.1, 0.15) is 0 Å². The second-order valence-corrected chi connectivity index (χ2v) is 6.42. The lowest BCUT2D eigenvalue weighted by Crippen LogP contribution is -2.09. The first-order valence-electron chi connectivity index (χ1n) is 7.03. The third kappa shape index (κ3) is 6.05. The van der Waals surface area contributed by atoms with Gasteiger partial charge in [-0.25, -0.2) is 9.59 Å². The number of carbonyl (C=O) groups excluding carboxylic acids is 2. The number of nitrogens with one attached hydrogen (secondary N) is 1. The van der Waals surface area contributed by atoms with Gasteiger partial charge in [-0.3, -0.25) is 5.84 Å². The summed E-state index contributed by atoms with van der Waals surface area (Å²) in [4.78, 5) is 22.3. The van der Waals surface area contributed by atoms with Crippen molar-refractivity contribution < 1.29 is 19.1 Å². The predicted molar refractivity (Wildman–Crippen MR) is 108 cm³/mol. The van der Waals surface area contributed by atoms with Crippen molar-refractivity contribution in [1.29, 1.82) is 0 Å². The van der Waals surface area contributed by atoms with Gasteiger partial charge >= 0.3 is 11.9 Å². The van der Waals surface area contributed by atoms with Gasteiger partial charge in [0.25, 0.3) is 0 Å². The zero-order valence-electron chi connectivity index (χ0n) is 14.1. The lowest BCUT2D eigenvalue weighted by atomic mass is 10.2. The normalized spacial score (nSPS) is 9.74. The third-order valence-electron chi connectivity index (χ3n) is 3.11. The van der Waals surface area contributed by atoms with Gasteiger partial charge in [-0.2, -0.15) is 0 Å². The largest absolute Gasteiger partial charge is 0.465 e. The van der Waals surface area contributed by atoms with E-state index in [2.05, 4.69) is 14.9 Å². The molecule has 146 valence electrons. The third-order valence-corrected chi connectivity index (χ3v) is 4.37. The van der Waals surface area contributed by atoms with Gasteiger partial charge in [0, 0.05) is 0 Å². The van der Waals surface area contributed by atoms with E-state index in [1.807, 2.05) is 0 Å². The van der Waals surface area contributed by atoms with Crippen LogP contribution in [0.1, 0.15) is 20.7 Å². The van der Waals surface area contributed by atoms with Gasteiger partial charge in [-0.15, -0.1) is 0 Å². The number of nitrogen functional groups attached to an aromatic ring is 2. The maximum Gasteiger partial charge on any atom is 0.339 e. The van der Waals surface area contributed by atoms with Crippen LogP contribution >= 0.6 is 46.4 Å². The molecule has 0 saturated heterocycles. The van der Waals surface area contributed by atoms with Gasteiger partial charge in [0.15, 0.2) is 0 Å². The molecular weight excluding hydrogens is 440 g/mol. The summed E-state index contributed by atoms with van der Waals surface area (Å²) in [5.41, 5.74) is 8.97. The van der Waals surface area contributed by atoms with Gasteiger partial charge in [-0.1, -0.05) is 46.4 Å². The Morgan fingerprint density at radius 1 is 0.815 bits per heavy atom. The standard InChI is InChI=1S/C8H8Cl2N2O2.C8H7Cl2NO2/c1-14-8(13)4-2-7(12-11)6(10)3-5(4)9;1-13-8(12)4-2-7(11)6(10)3-5(4)9/h2-3,12H,11H2,1H3;2-3H,11H2,1H3. The minimum absolute atomic E-state index is 0.214. The molecule has 0 aliphatic heterocycles. The minimum atomic E-state index is -0.539. The smallest absolute Gasteiger partial charge is 0.339 e. The molecule has 2 rings (SSSR count). The van der Waals surface area contributed by atoms with E-state index < -0.39 is 11.9 Å². The first-order valence-corrected chi connectivity index (χ1v) is 8.54. The molecule has 0 aliphatic rings. The zero-order chi connectivity index (χ0) is 20.7. The summed E-state index contributed by atoms with van der Waals surface area (Å²) in [5, 5.41) is 1.11. The molecule has 5 N–H and O–H groups in total. The van der Waals surface area contributed by atoms with Crippen LogP contribution < -0.4 is 17.0 Å². The van der Waals surface area contributed by atoms with Crippen molar-refractivity contribution in [2.45, 2.75) is 0 Å². The van der Waals surface area contributed by atoms with Gasteiger partial charge in [-0.05, 0) is 24.3 Å². The molecule has 2 aromatic rings. The first-order chi connectivity index (χ1) is 12.7. The summed E-state index contributed by atoms with van der Waals surface area (Å²) in [6.45, 7) is 0. The number of benzene rings is 2. The van der Waals surface area contributed by atoms with Crippen molar-refractivity contribution in [3.63, 3.8) is 0 Å². The van der Waals surface area contributed by atoms with Crippen molar-refractivity contribution in [3.05, 3.63) is 55.5 Å². The molecule has 0 saturated carbocycles. The van der Waals surface area contributed by atoms with E-state index in [-0.39, 0.29) is 21.2 Å². The summed E-state index contributed by atoms with van der Waals surface area (Å²) < 4.78 is 9.01. The highest BCUT2D eigenvalue weighted by molar-refractivity contribution is 6.38. The maximum atomic E-state index is 11.2. The first kappa shape index (κ1) is 23.1. The quantitative estimate of drug-likeness (QED) is 0.272.